The van der Waals surface area contributed by atoms with Gasteiger partial charge >= 0.3 is 5.97 Å². The van der Waals surface area contributed by atoms with Crippen molar-refractivity contribution in [1.82, 2.24) is 5.32 Å². The molecule has 0 atom stereocenters. The maximum absolute atomic E-state index is 11.9. The summed E-state index contributed by atoms with van der Waals surface area (Å²) in [6.45, 7) is 0.780. The quantitative estimate of drug-likeness (QED) is 0.656. The summed E-state index contributed by atoms with van der Waals surface area (Å²) in [5.74, 6) is 0.121. The molecule has 0 radical (unpaired) electrons. The summed E-state index contributed by atoms with van der Waals surface area (Å²) in [5.41, 5.74) is 0.888. The maximum atomic E-state index is 11.9. The number of esters is 1. The number of nitrogens with one attached hydrogen (secondary N) is 1. The number of hydrogen-bond donors (Lipinski definition) is 1. The molecule has 114 valence electrons. The molecule has 1 amide bonds. The van der Waals surface area contributed by atoms with Crippen LogP contribution in [0.2, 0.25) is 0 Å². The molecule has 22 heavy (non-hydrogen) atoms. The van der Waals surface area contributed by atoms with Gasteiger partial charge in [-0.1, -0.05) is 18.2 Å². The molecular weight excluding hydrogens is 282 g/mol. The zero-order valence-electron chi connectivity index (χ0n) is 12.2. The molecular formula is C17H17NO4. The molecule has 0 saturated carbocycles. The SMILES string of the molecule is COC(=O)c1ccc(C(=O)NCCOc2ccccc2)cc1. The number of carbonyl (C=O) groups is 2. The van der Waals surface area contributed by atoms with Crippen molar-refractivity contribution in [2.45, 2.75) is 0 Å². The molecule has 0 heterocycles. The molecule has 0 aliphatic heterocycles. The lowest BCUT2D eigenvalue weighted by atomic mass is 10.1. The molecule has 0 bridgehead atoms. The Balaban J connectivity index is 1.78. The van der Waals surface area contributed by atoms with E-state index in [-0.39, 0.29) is 5.91 Å². The fourth-order valence-electron chi connectivity index (χ4n) is 1.83. The molecule has 0 saturated heterocycles. The van der Waals surface area contributed by atoms with E-state index in [2.05, 4.69) is 10.1 Å². The molecule has 5 heteroatoms. The Bertz CT molecular complexity index is 623. The van der Waals surface area contributed by atoms with Gasteiger partial charge in [-0.05, 0) is 36.4 Å². The molecule has 5 nitrogen and oxygen atoms in total. The second-order valence-electron chi connectivity index (χ2n) is 4.49. The van der Waals surface area contributed by atoms with Gasteiger partial charge in [-0.25, -0.2) is 4.79 Å². The third kappa shape index (κ3) is 4.34. The van der Waals surface area contributed by atoms with Crippen molar-refractivity contribution >= 4 is 11.9 Å². The number of methoxy groups -OCH3 is 1. The van der Waals surface area contributed by atoms with E-state index < -0.39 is 5.97 Å². The van der Waals surface area contributed by atoms with E-state index in [4.69, 9.17) is 4.74 Å². The Hall–Kier alpha value is -2.82. The number of hydrogen-bond acceptors (Lipinski definition) is 4. The molecule has 2 aromatic rings. The summed E-state index contributed by atoms with van der Waals surface area (Å²) in [6, 6.07) is 15.7. The summed E-state index contributed by atoms with van der Waals surface area (Å²) >= 11 is 0. The second-order valence-corrected chi connectivity index (χ2v) is 4.49. The zero-order valence-corrected chi connectivity index (χ0v) is 12.2. The van der Waals surface area contributed by atoms with Crippen LogP contribution in [0.25, 0.3) is 0 Å². The molecule has 0 fully saturated rings. The van der Waals surface area contributed by atoms with Crippen LogP contribution in [0.4, 0.5) is 0 Å². The number of para-hydroxylation sites is 1. The largest absolute Gasteiger partial charge is 0.492 e. The van der Waals surface area contributed by atoms with Crippen LogP contribution in [-0.4, -0.2) is 32.1 Å². The summed E-state index contributed by atoms with van der Waals surface area (Å²) in [5, 5.41) is 2.75. The number of ether oxygens (including phenoxy) is 2. The van der Waals surface area contributed by atoms with Gasteiger partial charge < -0.3 is 14.8 Å². The van der Waals surface area contributed by atoms with Crippen molar-refractivity contribution in [2.24, 2.45) is 0 Å². The van der Waals surface area contributed by atoms with E-state index in [9.17, 15) is 9.59 Å². The third-order valence-electron chi connectivity index (χ3n) is 2.97. The lowest BCUT2D eigenvalue weighted by molar-refractivity contribution is 0.0600. The van der Waals surface area contributed by atoms with Gasteiger partial charge in [-0.15, -0.1) is 0 Å². The van der Waals surface area contributed by atoms with E-state index in [0.29, 0.717) is 24.3 Å². The molecule has 0 aliphatic rings. The van der Waals surface area contributed by atoms with Crippen LogP contribution >= 0.6 is 0 Å². The Labute approximate surface area is 128 Å². The lowest BCUT2D eigenvalue weighted by Crippen LogP contribution is -2.28. The number of benzene rings is 2. The summed E-state index contributed by atoms with van der Waals surface area (Å²) < 4.78 is 10.1. The number of rotatable bonds is 6. The van der Waals surface area contributed by atoms with Crippen LogP contribution in [-0.2, 0) is 4.74 Å². The molecule has 0 spiro atoms. The topological polar surface area (TPSA) is 64.6 Å². The van der Waals surface area contributed by atoms with Crippen LogP contribution in [0, 0.1) is 0 Å². The van der Waals surface area contributed by atoms with Gasteiger partial charge in [0.15, 0.2) is 0 Å². The fourth-order valence-corrected chi connectivity index (χ4v) is 1.83. The molecule has 0 aromatic heterocycles. The van der Waals surface area contributed by atoms with Gasteiger partial charge in [-0.2, -0.15) is 0 Å². The van der Waals surface area contributed by atoms with Crippen molar-refractivity contribution in [2.75, 3.05) is 20.3 Å². The standard InChI is InChI=1S/C17H17NO4/c1-21-17(20)14-9-7-13(8-10-14)16(19)18-11-12-22-15-5-3-2-4-6-15/h2-10H,11-12H2,1H3,(H,18,19). The van der Waals surface area contributed by atoms with Crippen LogP contribution in [0.3, 0.4) is 0 Å². The highest BCUT2D eigenvalue weighted by Gasteiger charge is 2.08. The predicted octanol–water partition coefficient (Wildman–Crippen LogP) is 2.28. The summed E-state index contributed by atoms with van der Waals surface area (Å²) in [6.07, 6.45) is 0. The molecule has 0 unspecified atom stereocenters. The average Bonchev–Trinajstić information content (AvgIpc) is 2.59. The highest BCUT2D eigenvalue weighted by molar-refractivity contribution is 5.96. The van der Waals surface area contributed by atoms with Crippen molar-refractivity contribution in [3.8, 4) is 5.75 Å². The first-order chi connectivity index (χ1) is 10.7. The van der Waals surface area contributed by atoms with Gasteiger partial charge in [0.2, 0.25) is 0 Å². The Kier molecular flexibility index (Phi) is 5.54. The van der Waals surface area contributed by atoms with Crippen LogP contribution in [0.5, 0.6) is 5.75 Å². The second kappa shape index (κ2) is 7.83. The van der Waals surface area contributed by atoms with Gasteiger partial charge in [0.05, 0.1) is 19.2 Å². The average molecular weight is 299 g/mol. The monoisotopic (exact) mass is 299 g/mol. The van der Waals surface area contributed by atoms with E-state index in [0.717, 1.165) is 5.75 Å². The minimum absolute atomic E-state index is 0.215. The maximum Gasteiger partial charge on any atom is 0.337 e. The van der Waals surface area contributed by atoms with E-state index in [1.54, 1.807) is 24.3 Å². The molecule has 0 aliphatic carbocycles. The molecule has 2 aromatic carbocycles. The lowest BCUT2D eigenvalue weighted by Gasteiger charge is -2.08. The minimum Gasteiger partial charge on any atom is -0.492 e. The van der Waals surface area contributed by atoms with Crippen LogP contribution in [0.1, 0.15) is 20.7 Å². The van der Waals surface area contributed by atoms with Gasteiger partial charge in [0.1, 0.15) is 12.4 Å². The molecule has 1 N–H and O–H groups in total. The number of carbonyl (C=O) groups excluding carboxylic acids is 2. The van der Waals surface area contributed by atoms with Crippen molar-refractivity contribution in [3.05, 3.63) is 65.7 Å². The van der Waals surface area contributed by atoms with Crippen molar-refractivity contribution in [3.63, 3.8) is 0 Å². The van der Waals surface area contributed by atoms with E-state index in [1.807, 2.05) is 30.3 Å². The summed E-state index contributed by atoms with van der Waals surface area (Å²) in [4.78, 5) is 23.2. The fraction of sp³-hybridized carbons (Fsp3) is 0.176. The first-order valence-corrected chi connectivity index (χ1v) is 6.85. The zero-order chi connectivity index (χ0) is 15.8. The Morgan fingerprint density at radius 2 is 1.59 bits per heavy atom. The van der Waals surface area contributed by atoms with E-state index in [1.165, 1.54) is 7.11 Å². The van der Waals surface area contributed by atoms with Gasteiger partial charge in [-0.3, -0.25) is 4.79 Å². The highest BCUT2D eigenvalue weighted by atomic mass is 16.5. The van der Waals surface area contributed by atoms with Crippen LogP contribution < -0.4 is 10.1 Å². The van der Waals surface area contributed by atoms with Crippen molar-refractivity contribution in [1.29, 1.82) is 0 Å². The Morgan fingerprint density at radius 1 is 0.955 bits per heavy atom. The first kappa shape index (κ1) is 15.6. The van der Waals surface area contributed by atoms with Crippen LogP contribution in [0.15, 0.2) is 54.6 Å². The third-order valence-corrected chi connectivity index (χ3v) is 2.97. The minimum atomic E-state index is -0.428. The normalized spacial score (nSPS) is 9.86. The summed E-state index contributed by atoms with van der Waals surface area (Å²) in [7, 11) is 1.32. The first-order valence-electron chi connectivity index (χ1n) is 6.85. The predicted molar refractivity (Wildman–Crippen MR) is 82.1 cm³/mol. The van der Waals surface area contributed by atoms with E-state index >= 15 is 0 Å². The number of amides is 1. The smallest absolute Gasteiger partial charge is 0.337 e. The Morgan fingerprint density at radius 3 is 2.23 bits per heavy atom. The van der Waals surface area contributed by atoms with Gasteiger partial charge in [0.25, 0.3) is 5.91 Å². The van der Waals surface area contributed by atoms with Crippen molar-refractivity contribution < 1.29 is 19.1 Å². The highest BCUT2D eigenvalue weighted by Crippen LogP contribution is 2.08. The van der Waals surface area contributed by atoms with Gasteiger partial charge in [0, 0.05) is 5.56 Å². The molecule has 2 rings (SSSR count).